The van der Waals surface area contributed by atoms with Crippen molar-refractivity contribution in [3.05, 3.63) is 94.3 Å². The Morgan fingerprint density at radius 3 is 2.42 bits per heavy atom. The first-order chi connectivity index (χ1) is 17.2. The number of aromatic nitrogens is 1. The Hall–Kier alpha value is -3.06. The van der Waals surface area contributed by atoms with Gasteiger partial charge in [0, 0.05) is 19.0 Å². The van der Waals surface area contributed by atoms with E-state index in [-0.39, 0.29) is 29.6 Å². The van der Waals surface area contributed by atoms with Gasteiger partial charge < -0.3 is 10.1 Å². The molecular formula is C28H28ClF3N2O2. The van der Waals surface area contributed by atoms with Gasteiger partial charge in [0.2, 0.25) is 5.91 Å². The zero-order valence-corrected chi connectivity index (χ0v) is 20.7. The summed E-state index contributed by atoms with van der Waals surface area (Å²) in [6.07, 6.45) is 1.40. The quantitative estimate of drug-likeness (QED) is 0.352. The van der Waals surface area contributed by atoms with Crippen molar-refractivity contribution in [3.63, 3.8) is 0 Å². The SMILES string of the molecule is COc1ccc([C@@](Cc2ccccc2)(NC(=O)CC2CCCC2)c2ccc(Cl)cn2)cc1C(F)(F)F. The minimum absolute atomic E-state index is 0.197. The van der Waals surface area contributed by atoms with Gasteiger partial charge in [-0.15, -0.1) is 0 Å². The summed E-state index contributed by atoms with van der Waals surface area (Å²) in [5, 5.41) is 3.51. The van der Waals surface area contributed by atoms with Crippen molar-refractivity contribution in [3.8, 4) is 5.75 Å². The van der Waals surface area contributed by atoms with E-state index in [1.165, 1.54) is 19.4 Å². The molecule has 190 valence electrons. The van der Waals surface area contributed by atoms with Crippen LogP contribution >= 0.6 is 11.6 Å². The molecule has 8 heteroatoms. The van der Waals surface area contributed by atoms with E-state index < -0.39 is 17.3 Å². The molecule has 1 N–H and O–H groups in total. The van der Waals surface area contributed by atoms with Crippen molar-refractivity contribution < 1.29 is 22.7 Å². The fourth-order valence-electron chi connectivity index (χ4n) is 5.01. The van der Waals surface area contributed by atoms with Crippen molar-refractivity contribution in [1.29, 1.82) is 0 Å². The maximum atomic E-state index is 14.0. The Morgan fingerprint density at radius 2 is 1.81 bits per heavy atom. The first-order valence-corrected chi connectivity index (χ1v) is 12.3. The van der Waals surface area contributed by atoms with Crippen LogP contribution in [0.15, 0.2) is 66.9 Å². The lowest BCUT2D eigenvalue weighted by Crippen LogP contribution is -2.49. The Morgan fingerprint density at radius 1 is 1.08 bits per heavy atom. The molecule has 1 fully saturated rings. The standard InChI is InChI=1S/C28H28ClF3N2O2/c1-36-24-13-11-21(16-23(24)28(30,31)32)27(17-20-9-3-2-4-10-20,25-14-12-22(29)18-33-25)34-26(35)15-19-7-5-6-8-19/h2-4,9-14,16,18-19H,5-8,15,17H2,1H3,(H,34,35)/t27-/m1/s1. The summed E-state index contributed by atoms with van der Waals surface area (Å²) in [5.74, 6) is -0.251. The molecule has 1 saturated carbocycles. The molecule has 0 unspecified atom stereocenters. The van der Waals surface area contributed by atoms with Crippen LogP contribution in [0.4, 0.5) is 13.2 Å². The zero-order chi connectivity index (χ0) is 25.8. The minimum Gasteiger partial charge on any atom is -0.496 e. The predicted octanol–water partition coefficient (Wildman–Crippen LogP) is 6.95. The number of methoxy groups -OCH3 is 1. The molecule has 1 aliphatic rings. The Bertz CT molecular complexity index is 1180. The third-order valence-corrected chi connectivity index (χ3v) is 7.00. The number of hydrogen-bond acceptors (Lipinski definition) is 3. The van der Waals surface area contributed by atoms with Gasteiger partial charge in [-0.25, -0.2) is 0 Å². The number of nitrogens with one attached hydrogen (secondary N) is 1. The highest BCUT2D eigenvalue weighted by Crippen LogP contribution is 2.41. The number of pyridine rings is 1. The molecule has 4 rings (SSSR count). The van der Waals surface area contributed by atoms with E-state index >= 15 is 0 Å². The van der Waals surface area contributed by atoms with Crippen LogP contribution < -0.4 is 10.1 Å². The summed E-state index contributed by atoms with van der Waals surface area (Å²) in [6.45, 7) is 0. The number of ether oxygens (including phenoxy) is 1. The molecule has 1 aliphatic carbocycles. The molecule has 0 saturated heterocycles. The molecule has 0 radical (unpaired) electrons. The monoisotopic (exact) mass is 516 g/mol. The second-order valence-corrected chi connectivity index (χ2v) is 9.68. The highest BCUT2D eigenvalue weighted by molar-refractivity contribution is 6.30. The van der Waals surface area contributed by atoms with Crippen LogP contribution in [0.1, 0.15) is 54.5 Å². The van der Waals surface area contributed by atoms with Crippen molar-refractivity contribution >= 4 is 17.5 Å². The van der Waals surface area contributed by atoms with E-state index in [1.807, 2.05) is 30.3 Å². The topological polar surface area (TPSA) is 51.2 Å². The number of hydrogen-bond donors (Lipinski definition) is 1. The zero-order valence-electron chi connectivity index (χ0n) is 19.9. The summed E-state index contributed by atoms with van der Waals surface area (Å²) < 4.78 is 47.1. The van der Waals surface area contributed by atoms with Crippen LogP contribution in [-0.4, -0.2) is 18.0 Å². The fourth-order valence-corrected chi connectivity index (χ4v) is 5.12. The molecule has 4 nitrogen and oxygen atoms in total. The number of alkyl halides is 3. The molecule has 36 heavy (non-hydrogen) atoms. The summed E-state index contributed by atoms with van der Waals surface area (Å²) >= 11 is 6.10. The van der Waals surface area contributed by atoms with Gasteiger partial charge in [-0.2, -0.15) is 13.2 Å². The van der Waals surface area contributed by atoms with E-state index in [0.717, 1.165) is 37.3 Å². The second kappa shape index (κ2) is 10.9. The largest absolute Gasteiger partial charge is 0.496 e. The van der Waals surface area contributed by atoms with E-state index in [1.54, 1.807) is 18.2 Å². The molecule has 3 aromatic rings. The maximum absolute atomic E-state index is 14.0. The van der Waals surface area contributed by atoms with E-state index in [4.69, 9.17) is 16.3 Å². The lowest BCUT2D eigenvalue weighted by Gasteiger charge is -2.36. The molecule has 1 aromatic heterocycles. The minimum atomic E-state index is -4.65. The van der Waals surface area contributed by atoms with Crippen molar-refractivity contribution in [2.24, 2.45) is 5.92 Å². The van der Waals surface area contributed by atoms with Crippen LogP contribution in [0, 0.1) is 5.92 Å². The lowest BCUT2D eigenvalue weighted by atomic mass is 9.79. The average molecular weight is 517 g/mol. The lowest BCUT2D eigenvalue weighted by molar-refractivity contribution is -0.138. The number of amides is 1. The molecule has 1 atom stereocenters. The van der Waals surface area contributed by atoms with Gasteiger partial charge in [0.05, 0.1) is 23.4 Å². The van der Waals surface area contributed by atoms with Gasteiger partial charge in [0.1, 0.15) is 11.3 Å². The number of benzene rings is 2. The summed E-state index contributed by atoms with van der Waals surface area (Å²) in [6, 6.07) is 16.5. The average Bonchev–Trinajstić information content (AvgIpc) is 3.36. The third-order valence-electron chi connectivity index (χ3n) is 6.78. The molecule has 0 spiro atoms. The first kappa shape index (κ1) is 26.0. The molecule has 1 heterocycles. The van der Waals surface area contributed by atoms with Crippen LogP contribution in [-0.2, 0) is 22.9 Å². The highest BCUT2D eigenvalue weighted by atomic mass is 35.5. The molecule has 0 aliphatic heterocycles. The van der Waals surface area contributed by atoms with E-state index in [9.17, 15) is 18.0 Å². The van der Waals surface area contributed by atoms with Crippen LogP contribution in [0.25, 0.3) is 0 Å². The Balaban J connectivity index is 1.89. The van der Waals surface area contributed by atoms with Gasteiger partial charge in [-0.3, -0.25) is 9.78 Å². The Kier molecular flexibility index (Phi) is 7.88. The van der Waals surface area contributed by atoms with Gasteiger partial charge in [0.25, 0.3) is 0 Å². The highest BCUT2D eigenvalue weighted by Gasteiger charge is 2.42. The van der Waals surface area contributed by atoms with Gasteiger partial charge in [-0.1, -0.05) is 60.8 Å². The van der Waals surface area contributed by atoms with Gasteiger partial charge >= 0.3 is 6.18 Å². The molecular weight excluding hydrogens is 489 g/mol. The summed E-state index contributed by atoms with van der Waals surface area (Å²) in [7, 11) is 1.20. The van der Waals surface area contributed by atoms with Gasteiger partial charge in [0.15, 0.2) is 0 Å². The van der Waals surface area contributed by atoms with Crippen LogP contribution in [0.5, 0.6) is 5.75 Å². The fraction of sp³-hybridized carbons (Fsp3) is 0.357. The summed E-state index contributed by atoms with van der Waals surface area (Å²) in [4.78, 5) is 17.9. The number of carbonyl (C=O) groups excluding carboxylic acids is 1. The number of carbonyl (C=O) groups is 1. The van der Waals surface area contributed by atoms with Crippen molar-refractivity contribution in [2.45, 2.75) is 50.2 Å². The second-order valence-electron chi connectivity index (χ2n) is 9.24. The molecule has 1 amide bonds. The first-order valence-electron chi connectivity index (χ1n) is 11.9. The van der Waals surface area contributed by atoms with E-state index in [2.05, 4.69) is 10.3 Å². The summed E-state index contributed by atoms with van der Waals surface area (Å²) in [5.41, 5.74) is -0.796. The smallest absolute Gasteiger partial charge is 0.419 e. The van der Waals surface area contributed by atoms with Crippen molar-refractivity contribution in [1.82, 2.24) is 10.3 Å². The number of halogens is 4. The maximum Gasteiger partial charge on any atom is 0.419 e. The van der Waals surface area contributed by atoms with Crippen LogP contribution in [0.2, 0.25) is 5.02 Å². The van der Waals surface area contributed by atoms with Crippen LogP contribution in [0.3, 0.4) is 0 Å². The van der Waals surface area contributed by atoms with Crippen molar-refractivity contribution in [2.75, 3.05) is 7.11 Å². The number of nitrogens with zero attached hydrogens (tertiary/aromatic N) is 1. The third kappa shape index (κ3) is 5.84. The normalized spacial score (nSPS) is 15.9. The van der Waals surface area contributed by atoms with E-state index in [0.29, 0.717) is 17.1 Å². The number of rotatable bonds is 8. The predicted molar refractivity (Wildman–Crippen MR) is 133 cm³/mol. The Labute approximate surface area is 213 Å². The molecule has 2 aromatic carbocycles. The molecule has 0 bridgehead atoms. The van der Waals surface area contributed by atoms with Gasteiger partial charge in [-0.05, 0) is 54.2 Å².